The second kappa shape index (κ2) is 20.0. The van der Waals surface area contributed by atoms with E-state index >= 15 is 0 Å². The van der Waals surface area contributed by atoms with Gasteiger partial charge in [-0.1, -0.05) is 123 Å². The minimum atomic E-state index is -0.0281. The van der Waals surface area contributed by atoms with Crippen LogP contribution in [0.4, 0.5) is 0 Å². The van der Waals surface area contributed by atoms with Gasteiger partial charge in [0.25, 0.3) is 0 Å². The number of hydrogen-bond donors (Lipinski definition) is 1. The number of unbranched alkanes of at least 4 members (excludes halogenated alkanes) is 15. The van der Waals surface area contributed by atoms with Crippen molar-refractivity contribution in [3.05, 3.63) is 0 Å². The normalized spacial score (nSPS) is 12.7. The molecule has 0 saturated carbocycles. The van der Waals surface area contributed by atoms with E-state index in [0.29, 0.717) is 0 Å². The van der Waals surface area contributed by atoms with Gasteiger partial charge < -0.3 is 5.11 Å². The van der Waals surface area contributed by atoms with Crippen molar-refractivity contribution < 1.29 is 5.11 Å². The lowest BCUT2D eigenvalue weighted by Crippen LogP contribution is -2.05. The van der Waals surface area contributed by atoms with Crippen LogP contribution >= 0.6 is 0 Å². The van der Waals surface area contributed by atoms with E-state index in [0.717, 1.165) is 12.8 Å². The number of aliphatic hydroxyl groups excluding tert-OH is 1. The van der Waals surface area contributed by atoms with Gasteiger partial charge in [-0.2, -0.15) is 0 Å². The zero-order valence-corrected chi connectivity index (χ0v) is 16.5. The molecule has 140 valence electrons. The summed E-state index contributed by atoms with van der Waals surface area (Å²) >= 11 is 0. The molecule has 0 aliphatic rings. The third-order valence-electron chi connectivity index (χ3n) is 5.03. The van der Waals surface area contributed by atoms with Gasteiger partial charge in [-0.15, -0.1) is 0 Å². The number of hydrogen-bond acceptors (Lipinski definition) is 1. The maximum atomic E-state index is 10.0. The van der Waals surface area contributed by atoms with Gasteiger partial charge in [-0.3, -0.25) is 0 Å². The van der Waals surface area contributed by atoms with E-state index < -0.39 is 0 Å². The second-order valence-corrected chi connectivity index (χ2v) is 7.53. The Morgan fingerprint density at radius 1 is 0.435 bits per heavy atom. The van der Waals surface area contributed by atoms with E-state index in [2.05, 4.69) is 13.8 Å². The molecule has 0 radical (unpaired) electrons. The predicted molar refractivity (Wildman–Crippen MR) is 105 cm³/mol. The lowest BCUT2D eigenvalue weighted by Gasteiger charge is -2.10. The van der Waals surface area contributed by atoms with Crippen LogP contribution in [0, 0.1) is 0 Å². The Balaban J connectivity index is 3.11. The SMILES string of the molecule is CCCCCCCCCCCCC(O)CCCCCCCCC. The molecule has 1 N–H and O–H groups in total. The first-order valence-corrected chi connectivity index (χ1v) is 11.0. The largest absolute Gasteiger partial charge is 0.393 e. The molecule has 0 aromatic heterocycles. The highest BCUT2D eigenvalue weighted by atomic mass is 16.3. The summed E-state index contributed by atoms with van der Waals surface area (Å²) < 4.78 is 0. The van der Waals surface area contributed by atoms with Gasteiger partial charge in [-0.25, -0.2) is 0 Å². The molecule has 1 nitrogen and oxygen atoms in total. The lowest BCUT2D eigenvalue weighted by atomic mass is 10.0. The minimum Gasteiger partial charge on any atom is -0.393 e. The van der Waals surface area contributed by atoms with Crippen LogP contribution in [0.3, 0.4) is 0 Å². The Morgan fingerprint density at radius 3 is 1.00 bits per heavy atom. The summed E-state index contributed by atoms with van der Waals surface area (Å²) in [7, 11) is 0. The van der Waals surface area contributed by atoms with Crippen molar-refractivity contribution in [1.82, 2.24) is 0 Å². The first kappa shape index (κ1) is 23.0. The van der Waals surface area contributed by atoms with Gasteiger partial charge in [0.1, 0.15) is 0 Å². The van der Waals surface area contributed by atoms with Crippen molar-refractivity contribution in [3.63, 3.8) is 0 Å². The van der Waals surface area contributed by atoms with Crippen molar-refractivity contribution in [3.8, 4) is 0 Å². The summed E-state index contributed by atoms with van der Waals surface area (Å²) in [5, 5.41) is 10.0. The van der Waals surface area contributed by atoms with Gasteiger partial charge in [-0.05, 0) is 12.8 Å². The van der Waals surface area contributed by atoms with E-state index in [1.807, 2.05) is 0 Å². The average Bonchev–Trinajstić information content (AvgIpc) is 2.55. The van der Waals surface area contributed by atoms with Crippen molar-refractivity contribution in [2.45, 2.75) is 142 Å². The highest BCUT2D eigenvalue weighted by molar-refractivity contribution is 4.57. The van der Waals surface area contributed by atoms with E-state index in [1.54, 1.807) is 0 Å². The maximum Gasteiger partial charge on any atom is 0.0540 e. The summed E-state index contributed by atoms with van der Waals surface area (Å²) in [5.74, 6) is 0. The van der Waals surface area contributed by atoms with Crippen LogP contribution in [0.1, 0.15) is 136 Å². The van der Waals surface area contributed by atoms with Crippen molar-refractivity contribution in [2.24, 2.45) is 0 Å². The van der Waals surface area contributed by atoms with Gasteiger partial charge in [0.2, 0.25) is 0 Å². The molecule has 0 spiro atoms. The third kappa shape index (κ3) is 19.9. The number of aliphatic hydroxyl groups is 1. The van der Waals surface area contributed by atoms with Crippen LogP contribution in [0.5, 0.6) is 0 Å². The molecule has 0 saturated heterocycles. The summed E-state index contributed by atoms with van der Waals surface area (Å²) in [6.45, 7) is 4.55. The summed E-state index contributed by atoms with van der Waals surface area (Å²) in [6, 6.07) is 0. The number of rotatable bonds is 19. The van der Waals surface area contributed by atoms with Crippen molar-refractivity contribution >= 4 is 0 Å². The Labute approximate surface area is 147 Å². The summed E-state index contributed by atoms with van der Waals surface area (Å²) in [4.78, 5) is 0. The quantitative estimate of drug-likeness (QED) is 0.240. The average molecular weight is 327 g/mol. The monoisotopic (exact) mass is 326 g/mol. The molecule has 0 heterocycles. The fourth-order valence-electron chi connectivity index (χ4n) is 3.35. The van der Waals surface area contributed by atoms with Crippen LogP contribution < -0.4 is 0 Å². The van der Waals surface area contributed by atoms with Gasteiger partial charge in [0, 0.05) is 0 Å². The van der Waals surface area contributed by atoms with Gasteiger partial charge in [0.15, 0.2) is 0 Å². The second-order valence-electron chi connectivity index (χ2n) is 7.53. The standard InChI is InChI=1S/C22H46O/c1-3-5-7-9-11-12-13-15-17-19-21-22(23)20-18-16-14-10-8-6-4-2/h22-23H,3-21H2,1-2H3. The Morgan fingerprint density at radius 2 is 0.696 bits per heavy atom. The van der Waals surface area contributed by atoms with Crippen LogP contribution in [0.25, 0.3) is 0 Å². The van der Waals surface area contributed by atoms with E-state index in [4.69, 9.17) is 0 Å². The molecule has 1 heteroatoms. The first-order chi connectivity index (χ1) is 11.3. The van der Waals surface area contributed by atoms with E-state index in [9.17, 15) is 5.11 Å². The molecule has 0 rings (SSSR count). The smallest absolute Gasteiger partial charge is 0.0540 e. The van der Waals surface area contributed by atoms with Crippen LogP contribution in [-0.2, 0) is 0 Å². The fourth-order valence-corrected chi connectivity index (χ4v) is 3.35. The lowest BCUT2D eigenvalue weighted by molar-refractivity contribution is 0.147. The molecule has 0 bridgehead atoms. The molecule has 0 aromatic rings. The van der Waals surface area contributed by atoms with Gasteiger partial charge in [0.05, 0.1) is 6.10 Å². The van der Waals surface area contributed by atoms with Gasteiger partial charge >= 0.3 is 0 Å². The van der Waals surface area contributed by atoms with Crippen molar-refractivity contribution in [2.75, 3.05) is 0 Å². The molecule has 0 fully saturated rings. The highest BCUT2D eigenvalue weighted by Crippen LogP contribution is 2.15. The summed E-state index contributed by atoms with van der Waals surface area (Å²) in [6.07, 6.45) is 25.3. The molecule has 0 aliphatic heterocycles. The topological polar surface area (TPSA) is 20.2 Å². The molecule has 23 heavy (non-hydrogen) atoms. The molecular weight excluding hydrogens is 280 g/mol. The maximum absolute atomic E-state index is 10.0. The first-order valence-electron chi connectivity index (χ1n) is 11.0. The van der Waals surface area contributed by atoms with Crippen molar-refractivity contribution in [1.29, 1.82) is 0 Å². The van der Waals surface area contributed by atoms with Crippen LogP contribution in [0.15, 0.2) is 0 Å². The molecule has 0 amide bonds. The zero-order chi connectivity index (χ0) is 17.0. The van der Waals surface area contributed by atoms with Crippen LogP contribution in [0.2, 0.25) is 0 Å². The minimum absolute atomic E-state index is 0.0281. The summed E-state index contributed by atoms with van der Waals surface area (Å²) in [5.41, 5.74) is 0. The molecule has 0 aromatic carbocycles. The molecular formula is C22H46O. The Bertz CT molecular complexity index is 202. The molecule has 1 atom stereocenters. The predicted octanol–water partition coefficient (Wildman–Crippen LogP) is 7.80. The fraction of sp³-hybridized carbons (Fsp3) is 1.00. The molecule has 0 aliphatic carbocycles. The zero-order valence-electron chi connectivity index (χ0n) is 16.5. The van der Waals surface area contributed by atoms with Crippen LogP contribution in [-0.4, -0.2) is 11.2 Å². The van der Waals surface area contributed by atoms with E-state index in [1.165, 1.54) is 109 Å². The molecule has 1 unspecified atom stereocenters. The Hall–Kier alpha value is -0.0400. The highest BCUT2D eigenvalue weighted by Gasteiger charge is 2.03. The third-order valence-corrected chi connectivity index (χ3v) is 5.03. The Kier molecular flexibility index (Phi) is 20.0. The van der Waals surface area contributed by atoms with E-state index in [-0.39, 0.29) is 6.10 Å².